The van der Waals surface area contributed by atoms with Gasteiger partial charge >= 0.3 is 0 Å². The topological polar surface area (TPSA) is 58.1 Å². The fourth-order valence-electron chi connectivity index (χ4n) is 3.08. The predicted molar refractivity (Wildman–Crippen MR) is 113 cm³/mol. The van der Waals surface area contributed by atoms with Crippen molar-refractivity contribution in [1.29, 1.82) is 0 Å². The molecular weight excluding hydrogens is 352 g/mol. The molecule has 0 aromatic heterocycles. The third-order valence-corrected chi connectivity index (χ3v) is 4.60. The Morgan fingerprint density at radius 1 is 1.18 bits per heavy atom. The normalized spacial score (nSPS) is 15.9. The van der Waals surface area contributed by atoms with Crippen molar-refractivity contribution >= 4 is 5.96 Å². The van der Waals surface area contributed by atoms with Gasteiger partial charge in [0.1, 0.15) is 24.2 Å². The average molecular weight is 383 g/mol. The summed E-state index contributed by atoms with van der Waals surface area (Å²) in [7, 11) is 5.86. The first-order valence-electron chi connectivity index (χ1n) is 9.69. The summed E-state index contributed by atoms with van der Waals surface area (Å²) in [5.41, 5.74) is 2.41. The highest BCUT2D eigenvalue weighted by Crippen LogP contribution is 2.27. The predicted octanol–water partition coefficient (Wildman–Crippen LogP) is 2.30. The van der Waals surface area contributed by atoms with Gasteiger partial charge in [0, 0.05) is 26.6 Å². The fraction of sp³-hybridized carbons (Fsp3) is 0.409. The smallest absolute Gasteiger partial charge is 0.191 e. The van der Waals surface area contributed by atoms with Crippen molar-refractivity contribution in [2.45, 2.75) is 19.1 Å². The molecule has 0 bridgehead atoms. The molecule has 0 fully saturated rings. The number of ether oxygens (including phenoxy) is 2. The number of para-hydroxylation sites is 1. The fourth-order valence-corrected chi connectivity index (χ4v) is 3.08. The molecule has 6 nitrogen and oxygen atoms in total. The Labute approximate surface area is 167 Å². The lowest BCUT2D eigenvalue weighted by molar-refractivity contribution is 0.235. The van der Waals surface area contributed by atoms with Crippen molar-refractivity contribution < 1.29 is 9.47 Å². The maximum absolute atomic E-state index is 5.97. The molecule has 150 valence electrons. The van der Waals surface area contributed by atoms with Crippen LogP contribution in [0, 0.1) is 0 Å². The van der Waals surface area contributed by atoms with Gasteiger partial charge in [0.15, 0.2) is 5.96 Å². The summed E-state index contributed by atoms with van der Waals surface area (Å²) in [5.74, 6) is 2.64. The molecule has 2 aromatic carbocycles. The Hall–Kier alpha value is -2.73. The molecule has 3 rings (SSSR count). The van der Waals surface area contributed by atoms with Crippen LogP contribution in [0.2, 0.25) is 0 Å². The van der Waals surface area contributed by atoms with Crippen LogP contribution in [-0.2, 0) is 13.0 Å². The molecule has 1 aliphatic heterocycles. The third kappa shape index (κ3) is 5.89. The highest BCUT2D eigenvalue weighted by molar-refractivity contribution is 5.79. The van der Waals surface area contributed by atoms with Gasteiger partial charge in [0.05, 0.1) is 6.54 Å². The number of benzene rings is 2. The van der Waals surface area contributed by atoms with Crippen molar-refractivity contribution in [3.05, 3.63) is 59.7 Å². The minimum absolute atomic E-state index is 0.129. The third-order valence-electron chi connectivity index (χ3n) is 4.60. The van der Waals surface area contributed by atoms with Gasteiger partial charge in [0.2, 0.25) is 0 Å². The SMILES string of the molecule is CN=C(NCc1cccc(OCCN(C)C)c1)NCC1Cc2ccccc2O1. The van der Waals surface area contributed by atoms with Crippen LogP contribution >= 0.6 is 0 Å². The molecule has 28 heavy (non-hydrogen) atoms. The molecule has 2 aromatic rings. The van der Waals surface area contributed by atoms with E-state index in [1.54, 1.807) is 7.05 Å². The monoisotopic (exact) mass is 382 g/mol. The second kappa shape index (κ2) is 9.99. The van der Waals surface area contributed by atoms with Crippen LogP contribution in [0.3, 0.4) is 0 Å². The second-order valence-electron chi connectivity index (χ2n) is 7.16. The summed E-state index contributed by atoms with van der Waals surface area (Å²) in [6, 6.07) is 16.3. The van der Waals surface area contributed by atoms with Gasteiger partial charge < -0.3 is 25.0 Å². The Bertz CT molecular complexity index is 767. The maximum atomic E-state index is 5.97. The van der Waals surface area contributed by atoms with Gasteiger partial charge in [-0.05, 0) is 43.4 Å². The number of hydrogen-bond donors (Lipinski definition) is 2. The van der Waals surface area contributed by atoms with Crippen molar-refractivity contribution in [1.82, 2.24) is 15.5 Å². The van der Waals surface area contributed by atoms with Crippen molar-refractivity contribution in [3.8, 4) is 11.5 Å². The molecule has 1 atom stereocenters. The van der Waals surface area contributed by atoms with E-state index in [1.165, 1.54) is 5.56 Å². The van der Waals surface area contributed by atoms with E-state index in [1.807, 2.05) is 38.4 Å². The van der Waals surface area contributed by atoms with E-state index in [0.29, 0.717) is 19.7 Å². The molecule has 0 amide bonds. The highest BCUT2D eigenvalue weighted by atomic mass is 16.5. The molecular formula is C22H30N4O2. The van der Waals surface area contributed by atoms with Gasteiger partial charge in [-0.15, -0.1) is 0 Å². The highest BCUT2D eigenvalue weighted by Gasteiger charge is 2.22. The molecule has 0 spiro atoms. The van der Waals surface area contributed by atoms with Crippen molar-refractivity contribution in [3.63, 3.8) is 0 Å². The van der Waals surface area contributed by atoms with Gasteiger partial charge in [-0.2, -0.15) is 0 Å². The number of nitrogens with zero attached hydrogens (tertiary/aromatic N) is 2. The average Bonchev–Trinajstić information content (AvgIpc) is 3.11. The first-order chi connectivity index (χ1) is 13.6. The lowest BCUT2D eigenvalue weighted by Gasteiger charge is -2.16. The molecule has 2 N–H and O–H groups in total. The molecule has 1 unspecified atom stereocenters. The Morgan fingerprint density at radius 3 is 2.82 bits per heavy atom. The summed E-state index contributed by atoms with van der Waals surface area (Å²) in [5, 5.41) is 6.71. The van der Waals surface area contributed by atoms with E-state index < -0.39 is 0 Å². The van der Waals surface area contributed by atoms with Gasteiger partial charge in [0.25, 0.3) is 0 Å². The van der Waals surface area contributed by atoms with Gasteiger partial charge in [-0.25, -0.2) is 0 Å². The number of rotatable bonds is 8. The quantitative estimate of drug-likeness (QED) is 0.542. The zero-order chi connectivity index (χ0) is 19.8. The van der Waals surface area contributed by atoms with Crippen LogP contribution in [0.5, 0.6) is 11.5 Å². The van der Waals surface area contributed by atoms with E-state index in [9.17, 15) is 0 Å². The first-order valence-corrected chi connectivity index (χ1v) is 9.69. The Balaban J connectivity index is 1.43. The van der Waals surface area contributed by atoms with Crippen LogP contribution in [0.25, 0.3) is 0 Å². The summed E-state index contributed by atoms with van der Waals surface area (Å²) in [6.45, 7) is 2.96. The van der Waals surface area contributed by atoms with Crippen LogP contribution in [-0.4, -0.2) is 57.8 Å². The number of nitrogens with one attached hydrogen (secondary N) is 2. The van der Waals surface area contributed by atoms with E-state index in [0.717, 1.165) is 36.0 Å². The minimum Gasteiger partial charge on any atom is -0.492 e. The lowest BCUT2D eigenvalue weighted by Crippen LogP contribution is -2.41. The number of guanidine groups is 1. The summed E-state index contributed by atoms with van der Waals surface area (Å²) in [4.78, 5) is 6.41. The van der Waals surface area contributed by atoms with Crippen LogP contribution in [0.1, 0.15) is 11.1 Å². The van der Waals surface area contributed by atoms with E-state index in [-0.39, 0.29) is 6.10 Å². The second-order valence-corrected chi connectivity index (χ2v) is 7.16. The number of likely N-dealkylation sites (N-methyl/N-ethyl adjacent to an activating group) is 1. The molecule has 0 radical (unpaired) electrons. The standard InChI is InChI=1S/C22H30N4O2/c1-23-22(25-16-20-14-18-8-4-5-10-21(18)28-20)24-15-17-7-6-9-19(13-17)27-12-11-26(2)3/h4-10,13,20H,11-12,14-16H2,1-3H3,(H2,23,24,25). The molecule has 0 aliphatic carbocycles. The largest absolute Gasteiger partial charge is 0.492 e. The number of fused-ring (bicyclic) bond motifs is 1. The van der Waals surface area contributed by atoms with Crippen LogP contribution in [0.4, 0.5) is 0 Å². The van der Waals surface area contributed by atoms with E-state index in [4.69, 9.17) is 9.47 Å². The van der Waals surface area contributed by atoms with Crippen molar-refractivity contribution in [2.75, 3.05) is 40.8 Å². The van der Waals surface area contributed by atoms with Gasteiger partial charge in [-0.3, -0.25) is 4.99 Å². The zero-order valence-corrected chi connectivity index (χ0v) is 16.9. The molecule has 0 saturated heterocycles. The van der Waals surface area contributed by atoms with E-state index in [2.05, 4.69) is 44.8 Å². The minimum atomic E-state index is 0.129. The Morgan fingerprint density at radius 2 is 2.04 bits per heavy atom. The summed E-state index contributed by atoms with van der Waals surface area (Å²) in [6.07, 6.45) is 1.05. The first kappa shape index (κ1) is 20.0. The number of aliphatic imine (C=N–C) groups is 1. The van der Waals surface area contributed by atoms with E-state index >= 15 is 0 Å². The number of hydrogen-bond acceptors (Lipinski definition) is 4. The van der Waals surface area contributed by atoms with Crippen LogP contribution < -0.4 is 20.1 Å². The maximum Gasteiger partial charge on any atom is 0.191 e. The Kier molecular flexibility index (Phi) is 7.14. The molecule has 1 aliphatic rings. The summed E-state index contributed by atoms with van der Waals surface area (Å²) >= 11 is 0. The molecule has 0 saturated carbocycles. The molecule has 6 heteroatoms. The summed E-state index contributed by atoms with van der Waals surface area (Å²) < 4.78 is 11.8. The lowest BCUT2D eigenvalue weighted by atomic mass is 10.1. The van der Waals surface area contributed by atoms with Crippen molar-refractivity contribution in [2.24, 2.45) is 4.99 Å². The van der Waals surface area contributed by atoms with Gasteiger partial charge in [-0.1, -0.05) is 30.3 Å². The van der Waals surface area contributed by atoms with Crippen LogP contribution in [0.15, 0.2) is 53.5 Å². The molecule has 1 heterocycles. The zero-order valence-electron chi connectivity index (χ0n) is 16.9.